The predicted molar refractivity (Wildman–Crippen MR) is 93.9 cm³/mol. The van der Waals surface area contributed by atoms with Crippen LogP contribution in [0.1, 0.15) is 11.1 Å². The lowest BCUT2D eigenvalue weighted by molar-refractivity contribution is 0.170. The third-order valence-corrected chi connectivity index (χ3v) is 4.08. The van der Waals surface area contributed by atoms with Gasteiger partial charge in [0, 0.05) is 36.9 Å². The number of benzene rings is 1. The number of para-hydroxylation sites is 1. The summed E-state index contributed by atoms with van der Waals surface area (Å²) in [4.78, 5) is 8.16. The van der Waals surface area contributed by atoms with Gasteiger partial charge in [0.1, 0.15) is 24.1 Å². The molecular formula is C17H16ClN5O2. The van der Waals surface area contributed by atoms with Crippen LogP contribution in [0, 0.1) is 0 Å². The van der Waals surface area contributed by atoms with E-state index in [-0.39, 0.29) is 11.1 Å². The zero-order chi connectivity index (χ0) is 17.4. The molecule has 1 aromatic carbocycles. The molecule has 0 radical (unpaired) electrons. The normalized spacial score (nSPS) is 13.0. The topological polar surface area (TPSA) is 88.1 Å². The van der Waals surface area contributed by atoms with Gasteiger partial charge in [0.2, 0.25) is 5.95 Å². The monoisotopic (exact) mass is 357 g/mol. The highest BCUT2D eigenvalue weighted by Gasteiger charge is 2.19. The number of anilines is 1. The molecule has 0 amide bonds. The van der Waals surface area contributed by atoms with Crippen molar-refractivity contribution in [3.63, 3.8) is 0 Å². The van der Waals surface area contributed by atoms with E-state index >= 15 is 0 Å². The Labute approximate surface area is 149 Å². The highest BCUT2D eigenvalue weighted by atomic mass is 35.5. The molecule has 3 heterocycles. The lowest BCUT2D eigenvalue weighted by Crippen LogP contribution is -2.16. The molecule has 3 aromatic rings. The van der Waals surface area contributed by atoms with Crippen molar-refractivity contribution in [3.05, 3.63) is 46.7 Å². The first-order valence-corrected chi connectivity index (χ1v) is 8.18. The van der Waals surface area contributed by atoms with E-state index in [1.165, 1.54) is 0 Å². The fraction of sp³-hybridized carbons (Fsp3) is 0.235. The molecule has 1 aliphatic rings. The van der Waals surface area contributed by atoms with E-state index in [4.69, 9.17) is 26.8 Å². The number of ether oxygens (including phenoxy) is 2. The molecule has 0 saturated carbocycles. The maximum absolute atomic E-state index is 6.01. The summed E-state index contributed by atoms with van der Waals surface area (Å²) in [6, 6.07) is 7.54. The molecule has 0 aliphatic carbocycles. The minimum absolute atomic E-state index is 0.118. The Hall–Kier alpha value is -2.80. The van der Waals surface area contributed by atoms with Crippen LogP contribution in [0.3, 0.4) is 0 Å². The number of nitrogens with zero attached hydrogens (tertiary/aromatic N) is 4. The van der Waals surface area contributed by atoms with Crippen molar-refractivity contribution in [2.24, 2.45) is 7.05 Å². The Morgan fingerprint density at radius 2 is 2.04 bits per heavy atom. The molecule has 0 bridgehead atoms. The highest BCUT2D eigenvalue weighted by molar-refractivity contribution is 6.29. The molecule has 2 N–H and O–H groups in total. The maximum atomic E-state index is 6.01. The molecule has 0 atom stereocenters. The van der Waals surface area contributed by atoms with Gasteiger partial charge in [-0.05, 0) is 6.07 Å². The van der Waals surface area contributed by atoms with Gasteiger partial charge in [0.05, 0.1) is 5.69 Å². The fourth-order valence-electron chi connectivity index (χ4n) is 2.92. The van der Waals surface area contributed by atoms with Gasteiger partial charge in [-0.1, -0.05) is 23.7 Å². The fourth-order valence-corrected chi connectivity index (χ4v) is 3.11. The summed E-state index contributed by atoms with van der Waals surface area (Å²) >= 11 is 6.01. The number of nitrogens with two attached hydrogens (primary N) is 1. The van der Waals surface area contributed by atoms with Crippen LogP contribution < -0.4 is 15.2 Å². The number of nitrogen functional groups attached to an aromatic ring is 1. The zero-order valence-electron chi connectivity index (χ0n) is 13.6. The molecule has 1 aliphatic heterocycles. The van der Waals surface area contributed by atoms with Gasteiger partial charge in [0.25, 0.3) is 0 Å². The van der Waals surface area contributed by atoms with Crippen molar-refractivity contribution in [2.45, 2.75) is 6.42 Å². The molecule has 0 unspecified atom stereocenters. The Kier molecular flexibility index (Phi) is 3.93. The first-order valence-electron chi connectivity index (χ1n) is 7.80. The van der Waals surface area contributed by atoms with E-state index in [0.29, 0.717) is 31.0 Å². The molecular weight excluding hydrogens is 342 g/mol. The zero-order valence-corrected chi connectivity index (χ0v) is 14.3. The molecule has 7 nitrogen and oxygen atoms in total. The molecule has 128 valence electrons. The second-order valence-electron chi connectivity index (χ2n) is 5.73. The predicted octanol–water partition coefficient (Wildman–Crippen LogP) is 2.47. The van der Waals surface area contributed by atoms with E-state index in [9.17, 15) is 0 Å². The third kappa shape index (κ3) is 3.10. The molecule has 0 spiro atoms. The van der Waals surface area contributed by atoms with Crippen LogP contribution >= 0.6 is 11.6 Å². The lowest BCUT2D eigenvalue weighted by atomic mass is 10.0. The van der Waals surface area contributed by atoms with Crippen LogP contribution in [0.5, 0.6) is 11.5 Å². The summed E-state index contributed by atoms with van der Waals surface area (Å²) < 4.78 is 13.2. The molecule has 0 fully saturated rings. The highest BCUT2D eigenvalue weighted by Crippen LogP contribution is 2.36. The smallest absolute Gasteiger partial charge is 0.222 e. The Morgan fingerprint density at radius 3 is 2.88 bits per heavy atom. The first kappa shape index (κ1) is 15.7. The SMILES string of the molecule is Cn1cc(Cc2cccc3c2OCCO3)c(-c2cc(Cl)nc(N)n2)n1. The summed E-state index contributed by atoms with van der Waals surface area (Å²) in [6.45, 7) is 1.11. The number of aromatic nitrogens is 4. The summed E-state index contributed by atoms with van der Waals surface area (Å²) in [7, 11) is 1.86. The van der Waals surface area contributed by atoms with Gasteiger partial charge >= 0.3 is 0 Å². The summed E-state index contributed by atoms with van der Waals surface area (Å²) in [5, 5.41) is 4.80. The average molecular weight is 358 g/mol. The van der Waals surface area contributed by atoms with Crippen molar-refractivity contribution >= 4 is 17.5 Å². The van der Waals surface area contributed by atoms with Crippen LogP contribution in [-0.4, -0.2) is 33.0 Å². The standard InChI is InChI=1S/C17H16ClN5O2/c1-23-9-11(15(22-23)12-8-14(18)21-17(19)20-12)7-10-3-2-4-13-16(10)25-6-5-24-13/h2-4,8-9H,5-7H2,1H3,(H2,19,20,21). The van der Waals surface area contributed by atoms with Crippen LogP contribution in [0.4, 0.5) is 5.95 Å². The minimum atomic E-state index is 0.118. The van der Waals surface area contributed by atoms with E-state index in [1.807, 2.05) is 31.4 Å². The van der Waals surface area contributed by atoms with Gasteiger partial charge in [-0.15, -0.1) is 0 Å². The largest absolute Gasteiger partial charge is 0.486 e. The number of fused-ring (bicyclic) bond motifs is 1. The number of rotatable bonds is 3. The molecule has 2 aromatic heterocycles. The number of aryl methyl sites for hydroxylation is 1. The number of hydrogen-bond donors (Lipinski definition) is 1. The third-order valence-electron chi connectivity index (χ3n) is 3.89. The van der Waals surface area contributed by atoms with Gasteiger partial charge < -0.3 is 15.2 Å². The molecule has 4 rings (SSSR count). The maximum Gasteiger partial charge on any atom is 0.222 e. The van der Waals surface area contributed by atoms with Gasteiger partial charge in [-0.3, -0.25) is 4.68 Å². The van der Waals surface area contributed by atoms with Crippen molar-refractivity contribution in [3.8, 4) is 22.9 Å². The van der Waals surface area contributed by atoms with E-state index in [0.717, 1.165) is 22.6 Å². The Morgan fingerprint density at radius 1 is 1.20 bits per heavy atom. The molecule has 8 heteroatoms. The van der Waals surface area contributed by atoms with Crippen molar-refractivity contribution in [1.29, 1.82) is 0 Å². The second kappa shape index (κ2) is 6.25. The van der Waals surface area contributed by atoms with E-state index in [2.05, 4.69) is 15.1 Å². The first-order chi connectivity index (χ1) is 12.1. The van der Waals surface area contributed by atoms with Crippen LogP contribution in [0.2, 0.25) is 5.15 Å². The average Bonchev–Trinajstić information content (AvgIpc) is 2.95. The second-order valence-corrected chi connectivity index (χ2v) is 6.12. The number of hydrogen-bond acceptors (Lipinski definition) is 6. The van der Waals surface area contributed by atoms with Crippen LogP contribution in [-0.2, 0) is 13.5 Å². The van der Waals surface area contributed by atoms with Gasteiger partial charge in [-0.25, -0.2) is 9.97 Å². The van der Waals surface area contributed by atoms with Crippen molar-refractivity contribution in [1.82, 2.24) is 19.7 Å². The minimum Gasteiger partial charge on any atom is -0.486 e. The van der Waals surface area contributed by atoms with E-state index < -0.39 is 0 Å². The Balaban J connectivity index is 1.75. The Bertz CT molecular complexity index is 921. The van der Waals surface area contributed by atoms with Gasteiger partial charge in [0.15, 0.2) is 11.5 Å². The van der Waals surface area contributed by atoms with E-state index in [1.54, 1.807) is 10.7 Å². The molecule has 25 heavy (non-hydrogen) atoms. The summed E-state index contributed by atoms with van der Waals surface area (Å²) in [6.07, 6.45) is 2.57. The lowest BCUT2D eigenvalue weighted by Gasteiger charge is -2.20. The number of halogens is 1. The summed E-state index contributed by atoms with van der Waals surface area (Å²) in [5.74, 6) is 1.67. The molecule has 0 saturated heterocycles. The summed E-state index contributed by atoms with van der Waals surface area (Å²) in [5.41, 5.74) is 9.04. The van der Waals surface area contributed by atoms with Crippen molar-refractivity contribution in [2.75, 3.05) is 18.9 Å². The van der Waals surface area contributed by atoms with Crippen LogP contribution in [0.15, 0.2) is 30.5 Å². The van der Waals surface area contributed by atoms with Crippen LogP contribution in [0.25, 0.3) is 11.4 Å². The quantitative estimate of drug-likeness (QED) is 0.724. The van der Waals surface area contributed by atoms with Crippen molar-refractivity contribution < 1.29 is 9.47 Å². The van der Waals surface area contributed by atoms with Gasteiger partial charge in [-0.2, -0.15) is 5.10 Å².